The van der Waals surface area contributed by atoms with Crippen molar-refractivity contribution < 1.29 is 5.11 Å². The first-order valence-corrected chi connectivity index (χ1v) is 6.92. The minimum atomic E-state index is 0.351. The highest BCUT2D eigenvalue weighted by Crippen LogP contribution is 2.26. The molecule has 1 fully saturated rings. The average Bonchev–Trinajstić information content (AvgIpc) is 2.58. The molecule has 1 aliphatic rings. The zero-order chi connectivity index (χ0) is 13.0. The van der Waals surface area contributed by atoms with Crippen molar-refractivity contribution in [3.63, 3.8) is 0 Å². The smallest absolute Gasteiger partial charge is 0.115 e. The minimum Gasteiger partial charge on any atom is -0.508 e. The van der Waals surface area contributed by atoms with Gasteiger partial charge in [0.25, 0.3) is 0 Å². The normalized spacial score (nSPS) is 20.6. The van der Waals surface area contributed by atoms with Gasteiger partial charge in [-0.2, -0.15) is 0 Å². The van der Waals surface area contributed by atoms with E-state index < -0.39 is 0 Å². The molecule has 1 heterocycles. The van der Waals surface area contributed by atoms with Crippen molar-refractivity contribution in [3.05, 3.63) is 29.8 Å². The number of phenols is 1. The van der Waals surface area contributed by atoms with Gasteiger partial charge in [-0.1, -0.05) is 19.1 Å². The molecule has 100 valence electrons. The third-order valence-corrected chi connectivity index (χ3v) is 3.86. The van der Waals surface area contributed by atoms with E-state index in [0.29, 0.717) is 11.8 Å². The average molecular weight is 248 g/mol. The van der Waals surface area contributed by atoms with Gasteiger partial charge >= 0.3 is 0 Å². The third kappa shape index (κ3) is 3.24. The fraction of sp³-hybridized carbons (Fsp3) is 0.600. The number of aromatic hydroxyl groups is 1. The second-order valence-corrected chi connectivity index (χ2v) is 5.21. The van der Waals surface area contributed by atoms with Gasteiger partial charge < -0.3 is 10.0 Å². The molecular formula is C15H24N2O. The van der Waals surface area contributed by atoms with E-state index in [1.807, 2.05) is 0 Å². The summed E-state index contributed by atoms with van der Waals surface area (Å²) in [7, 11) is 2.20. The minimum absolute atomic E-state index is 0.351. The van der Waals surface area contributed by atoms with Gasteiger partial charge in [-0.25, -0.2) is 0 Å². The van der Waals surface area contributed by atoms with E-state index >= 15 is 0 Å². The topological polar surface area (TPSA) is 26.7 Å². The molecule has 0 saturated carbocycles. The van der Waals surface area contributed by atoms with Gasteiger partial charge in [0.05, 0.1) is 0 Å². The molecule has 0 aromatic heterocycles. The molecule has 1 atom stereocenters. The molecular weight excluding hydrogens is 224 g/mol. The van der Waals surface area contributed by atoms with Crippen LogP contribution in [0.4, 0.5) is 0 Å². The highest BCUT2D eigenvalue weighted by atomic mass is 16.3. The Kier molecular flexibility index (Phi) is 4.61. The lowest BCUT2D eigenvalue weighted by molar-refractivity contribution is 0.198. The lowest BCUT2D eigenvalue weighted by Gasteiger charge is -2.30. The summed E-state index contributed by atoms with van der Waals surface area (Å²) in [4.78, 5) is 4.99. The molecule has 18 heavy (non-hydrogen) atoms. The van der Waals surface area contributed by atoms with Crippen LogP contribution in [0.2, 0.25) is 0 Å². The summed E-state index contributed by atoms with van der Waals surface area (Å²) in [6.45, 7) is 6.89. The van der Waals surface area contributed by atoms with Gasteiger partial charge in [-0.3, -0.25) is 4.90 Å². The lowest BCUT2D eigenvalue weighted by Crippen LogP contribution is -2.32. The van der Waals surface area contributed by atoms with Gasteiger partial charge in [-0.15, -0.1) is 0 Å². The molecule has 3 heteroatoms. The second-order valence-electron chi connectivity index (χ2n) is 5.21. The van der Waals surface area contributed by atoms with Crippen LogP contribution in [0.1, 0.15) is 31.4 Å². The van der Waals surface area contributed by atoms with Crippen LogP contribution in [0.5, 0.6) is 5.75 Å². The molecule has 1 saturated heterocycles. The van der Waals surface area contributed by atoms with Crippen molar-refractivity contribution in [1.29, 1.82) is 0 Å². The summed E-state index contributed by atoms with van der Waals surface area (Å²) in [5, 5.41) is 9.38. The van der Waals surface area contributed by atoms with E-state index in [1.54, 1.807) is 12.1 Å². The van der Waals surface area contributed by atoms with E-state index in [9.17, 15) is 5.11 Å². The van der Waals surface area contributed by atoms with Crippen LogP contribution < -0.4 is 0 Å². The van der Waals surface area contributed by atoms with E-state index in [1.165, 1.54) is 25.1 Å². The molecule has 1 aromatic rings. The molecule has 1 unspecified atom stereocenters. The molecule has 0 radical (unpaired) electrons. The number of nitrogens with zero attached hydrogens (tertiary/aromatic N) is 2. The van der Waals surface area contributed by atoms with E-state index in [2.05, 4.69) is 35.9 Å². The highest BCUT2D eigenvalue weighted by Gasteiger charge is 2.20. The maximum atomic E-state index is 9.38. The quantitative estimate of drug-likeness (QED) is 0.890. The van der Waals surface area contributed by atoms with Crippen LogP contribution in [0.3, 0.4) is 0 Å². The number of hydrogen-bond acceptors (Lipinski definition) is 3. The first-order chi connectivity index (χ1) is 8.70. The fourth-order valence-corrected chi connectivity index (χ4v) is 2.78. The number of hydrogen-bond donors (Lipinski definition) is 1. The molecule has 2 rings (SSSR count). The summed E-state index contributed by atoms with van der Waals surface area (Å²) < 4.78 is 0. The Morgan fingerprint density at radius 2 is 1.83 bits per heavy atom. The van der Waals surface area contributed by atoms with Gasteiger partial charge in [-0.05, 0) is 44.1 Å². The van der Waals surface area contributed by atoms with Crippen molar-refractivity contribution in [3.8, 4) is 5.75 Å². The number of phenolic OH excluding ortho intramolecular Hbond substituents is 1. The Labute approximate surface area is 110 Å². The summed E-state index contributed by atoms with van der Waals surface area (Å²) in [5.41, 5.74) is 1.32. The Morgan fingerprint density at radius 3 is 2.50 bits per heavy atom. The Balaban J connectivity index is 2.09. The summed E-state index contributed by atoms with van der Waals surface area (Å²) in [6, 6.07) is 8.18. The highest BCUT2D eigenvalue weighted by molar-refractivity contribution is 5.28. The number of benzene rings is 1. The van der Waals surface area contributed by atoms with Crippen LogP contribution in [0, 0.1) is 0 Å². The number of likely N-dealkylation sites (N-methyl/N-ethyl adjacent to an activating group) is 1. The Bertz CT molecular complexity index is 363. The van der Waals surface area contributed by atoms with Gasteiger partial charge in [0.15, 0.2) is 0 Å². The van der Waals surface area contributed by atoms with Crippen LogP contribution in [-0.2, 0) is 0 Å². The van der Waals surface area contributed by atoms with Gasteiger partial charge in [0.1, 0.15) is 5.75 Å². The molecule has 0 spiro atoms. The summed E-state index contributed by atoms with van der Waals surface area (Å²) >= 11 is 0. The standard InChI is InChI=1S/C15H24N2O/c1-3-15(13-5-7-14(18)8-6-13)17-10-4-9-16(2)11-12-17/h5-8,15,18H,3-4,9-12H2,1-2H3. The van der Waals surface area contributed by atoms with Crippen LogP contribution >= 0.6 is 0 Å². The summed E-state index contributed by atoms with van der Waals surface area (Å²) in [6.07, 6.45) is 2.36. The monoisotopic (exact) mass is 248 g/mol. The van der Waals surface area contributed by atoms with Crippen molar-refractivity contribution >= 4 is 0 Å². The maximum absolute atomic E-state index is 9.38. The zero-order valence-corrected chi connectivity index (χ0v) is 11.5. The van der Waals surface area contributed by atoms with E-state index in [4.69, 9.17) is 0 Å². The van der Waals surface area contributed by atoms with E-state index in [0.717, 1.165) is 19.5 Å². The maximum Gasteiger partial charge on any atom is 0.115 e. The molecule has 0 bridgehead atoms. The predicted molar refractivity (Wildman–Crippen MR) is 74.8 cm³/mol. The first kappa shape index (κ1) is 13.4. The molecule has 0 aliphatic carbocycles. The molecule has 0 amide bonds. The van der Waals surface area contributed by atoms with Crippen molar-refractivity contribution in [2.75, 3.05) is 33.2 Å². The fourth-order valence-electron chi connectivity index (χ4n) is 2.78. The van der Waals surface area contributed by atoms with Gasteiger partial charge in [0.2, 0.25) is 0 Å². The van der Waals surface area contributed by atoms with Crippen molar-refractivity contribution in [1.82, 2.24) is 9.80 Å². The summed E-state index contributed by atoms with van der Waals surface area (Å²) in [5.74, 6) is 0.351. The van der Waals surface area contributed by atoms with Crippen LogP contribution in [-0.4, -0.2) is 48.1 Å². The second kappa shape index (κ2) is 6.21. The molecule has 1 aromatic carbocycles. The molecule has 1 aliphatic heterocycles. The van der Waals surface area contributed by atoms with Crippen molar-refractivity contribution in [2.24, 2.45) is 0 Å². The Morgan fingerprint density at radius 1 is 1.11 bits per heavy atom. The SMILES string of the molecule is CCC(c1ccc(O)cc1)N1CCCN(C)CC1. The van der Waals surface area contributed by atoms with Gasteiger partial charge in [0, 0.05) is 25.7 Å². The Hall–Kier alpha value is -1.06. The van der Waals surface area contributed by atoms with Crippen molar-refractivity contribution in [2.45, 2.75) is 25.8 Å². The third-order valence-electron chi connectivity index (χ3n) is 3.86. The first-order valence-electron chi connectivity index (χ1n) is 6.92. The molecule has 1 N–H and O–H groups in total. The number of rotatable bonds is 3. The van der Waals surface area contributed by atoms with Crippen LogP contribution in [0.15, 0.2) is 24.3 Å². The van der Waals surface area contributed by atoms with E-state index in [-0.39, 0.29) is 0 Å². The lowest BCUT2D eigenvalue weighted by atomic mass is 10.0. The van der Waals surface area contributed by atoms with Crippen LogP contribution in [0.25, 0.3) is 0 Å². The predicted octanol–water partition coefficient (Wildman–Crippen LogP) is 2.48. The zero-order valence-electron chi connectivity index (χ0n) is 11.5. The molecule has 3 nitrogen and oxygen atoms in total. The largest absolute Gasteiger partial charge is 0.508 e.